The molecule has 0 saturated heterocycles. The monoisotopic (exact) mass is 394 g/mol. The first-order valence-corrected chi connectivity index (χ1v) is 9.41. The van der Waals surface area contributed by atoms with E-state index in [-0.39, 0.29) is 24.3 Å². The van der Waals surface area contributed by atoms with Crippen LogP contribution in [0.5, 0.6) is 11.5 Å². The number of methoxy groups -OCH3 is 1. The molecule has 0 spiro atoms. The van der Waals surface area contributed by atoms with Crippen LogP contribution in [0, 0.1) is 0 Å². The van der Waals surface area contributed by atoms with Crippen LogP contribution in [-0.4, -0.2) is 38.6 Å². The summed E-state index contributed by atoms with van der Waals surface area (Å²) in [6.45, 7) is 0.705. The number of carbonyl (C=O) groups excluding carboxylic acids is 1. The lowest BCUT2D eigenvalue weighted by Crippen LogP contribution is -2.34. The minimum Gasteiger partial charge on any atom is -0.497 e. The van der Waals surface area contributed by atoms with E-state index in [1.54, 1.807) is 13.2 Å². The van der Waals surface area contributed by atoms with E-state index >= 15 is 0 Å². The van der Waals surface area contributed by atoms with E-state index in [0.29, 0.717) is 12.1 Å². The molecule has 1 N–H and O–H groups in total. The van der Waals surface area contributed by atoms with Crippen molar-refractivity contribution in [2.45, 2.75) is 12.6 Å². The Morgan fingerprint density at radius 3 is 2.41 bits per heavy atom. The first kappa shape index (κ1) is 20.5. The van der Waals surface area contributed by atoms with Crippen molar-refractivity contribution in [2.24, 2.45) is 0 Å². The van der Waals surface area contributed by atoms with Crippen molar-refractivity contribution >= 4 is 5.91 Å². The molecule has 0 bridgehead atoms. The van der Waals surface area contributed by atoms with Gasteiger partial charge in [-0.25, -0.2) is 0 Å². The highest BCUT2D eigenvalue weighted by Crippen LogP contribution is 2.21. The lowest BCUT2D eigenvalue weighted by Gasteiger charge is -2.25. The van der Waals surface area contributed by atoms with Crippen LogP contribution in [0.25, 0.3) is 0 Å². The summed E-state index contributed by atoms with van der Waals surface area (Å²) in [7, 11) is 5.60. The zero-order chi connectivity index (χ0) is 20.6. The Labute approximate surface area is 171 Å². The van der Waals surface area contributed by atoms with Crippen LogP contribution < -0.4 is 14.8 Å². The molecule has 0 saturated carbocycles. The standard InChI is InChI=1S/C23H26N2O4/c1-25(2)21(17-9-11-19(27-3)12-10-17)15-24-23(26)22-18(13-14-28-22)16-29-20-7-5-4-6-8-20/h4-14,21H,15-16H2,1-3H3,(H,24,26). The van der Waals surface area contributed by atoms with Crippen molar-refractivity contribution in [2.75, 3.05) is 27.7 Å². The van der Waals surface area contributed by atoms with Crippen molar-refractivity contribution < 1.29 is 18.7 Å². The van der Waals surface area contributed by atoms with Gasteiger partial charge in [0.15, 0.2) is 5.76 Å². The number of rotatable bonds is 9. The van der Waals surface area contributed by atoms with E-state index in [2.05, 4.69) is 10.2 Å². The largest absolute Gasteiger partial charge is 0.497 e. The number of hydrogen-bond acceptors (Lipinski definition) is 5. The number of ether oxygens (including phenoxy) is 2. The fourth-order valence-electron chi connectivity index (χ4n) is 3.02. The van der Waals surface area contributed by atoms with Crippen molar-refractivity contribution in [1.82, 2.24) is 10.2 Å². The Morgan fingerprint density at radius 1 is 1.03 bits per heavy atom. The van der Waals surface area contributed by atoms with Crippen LogP contribution in [0.2, 0.25) is 0 Å². The quantitative estimate of drug-likeness (QED) is 0.596. The molecule has 6 nitrogen and oxygen atoms in total. The molecule has 1 amide bonds. The number of amides is 1. The number of benzene rings is 2. The van der Waals surface area contributed by atoms with Crippen LogP contribution in [0.15, 0.2) is 71.3 Å². The van der Waals surface area contributed by atoms with Gasteiger partial charge >= 0.3 is 0 Å². The smallest absolute Gasteiger partial charge is 0.287 e. The molecular weight excluding hydrogens is 368 g/mol. The number of likely N-dealkylation sites (N-methyl/N-ethyl adjacent to an activating group) is 1. The SMILES string of the molecule is COc1ccc(C(CNC(=O)c2occc2COc2ccccc2)N(C)C)cc1. The topological polar surface area (TPSA) is 63.9 Å². The van der Waals surface area contributed by atoms with Gasteiger partial charge in [0.1, 0.15) is 18.1 Å². The number of carbonyl (C=O) groups is 1. The van der Waals surface area contributed by atoms with Crippen LogP contribution >= 0.6 is 0 Å². The molecule has 6 heteroatoms. The molecular formula is C23H26N2O4. The molecule has 3 aromatic rings. The molecule has 1 atom stereocenters. The van der Waals surface area contributed by atoms with E-state index in [9.17, 15) is 4.79 Å². The Kier molecular flexibility index (Phi) is 6.92. The molecule has 2 aromatic carbocycles. The van der Waals surface area contributed by atoms with E-state index < -0.39 is 0 Å². The van der Waals surface area contributed by atoms with E-state index in [0.717, 1.165) is 17.1 Å². The molecule has 1 aromatic heterocycles. The third-order valence-corrected chi connectivity index (χ3v) is 4.67. The van der Waals surface area contributed by atoms with Gasteiger partial charge in [0.25, 0.3) is 5.91 Å². The summed E-state index contributed by atoms with van der Waals surface area (Å²) in [5.41, 5.74) is 1.79. The van der Waals surface area contributed by atoms with Gasteiger partial charge in [0, 0.05) is 12.1 Å². The Balaban J connectivity index is 1.62. The van der Waals surface area contributed by atoms with E-state index in [4.69, 9.17) is 13.9 Å². The molecule has 0 aliphatic carbocycles. The highest BCUT2D eigenvalue weighted by Gasteiger charge is 2.20. The molecule has 0 aliphatic rings. The summed E-state index contributed by atoms with van der Waals surface area (Å²) in [6.07, 6.45) is 1.51. The number of nitrogens with one attached hydrogen (secondary N) is 1. The van der Waals surface area contributed by atoms with Gasteiger partial charge in [-0.05, 0) is 50.0 Å². The minimum atomic E-state index is -0.262. The molecule has 29 heavy (non-hydrogen) atoms. The molecule has 1 heterocycles. The number of nitrogens with zero attached hydrogens (tertiary/aromatic N) is 1. The van der Waals surface area contributed by atoms with Crippen LogP contribution in [0.3, 0.4) is 0 Å². The third-order valence-electron chi connectivity index (χ3n) is 4.67. The van der Waals surface area contributed by atoms with Crippen molar-refractivity contribution in [3.05, 3.63) is 83.8 Å². The summed E-state index contributed by atoms with van der Waals surface area (Å²) in [4.78, 5) is 14.8. The lowest BCUT2D eigenvalue weighted by atomic mass is 10.1. The summed E-state index contributed by atoms with van der Waals surface area (Å²) < 4.78 is 16.4. The average Bonchev–Trinajstić information content (AvgIpc) is 3.22. The van der Waals surface area contributed by atoms with Gasteiger partial charge in [0.2, 0.25) is 0 Å². The molecule has 0 radical (unpaired) electrons. The zero-order valence-electron chi connectivity index (χ0n) is 16.9. The van der Waals surface area contributed by atoms with E-state index in [1.165, 1.54) is 6.26 Å². The van der Waals surface area contributed by atoms with Gasteiger partial charge in [-0.2, -0.15) is 0 Å². The predicted octanol–water partition coefficient (Wildman–Crippen LogP) is 3.90. The van der Waals surface area contributed by atoms with Gasteiger partial charge < -0.3 is 24.1 Å². The highest BCUT2D eigenvalue weighted by molar-refractivity contribution is 5.92. The van der Waals surface area contributed by atoms with Gasteiger partial charge in [-0.1, -0.05) is 30.3 Å². The van der Waals surface area contributed by atoms with Gasteiger partial charge in [-0.15, -0.1) is 0 Å². The molecule has 0 aliphatic heterocycles. The fourth-order valence-corrected chi connectivity index (χ4v) is 3.02. The average molecular weight is 394 g/mol. The summed E-state index contributed by atoms with van der Waals surface area (Å²) in [5, 5.41) is 2.97. The van der Waals surface area contributed by atoms with Crippen LogP contribution in [-0.2, 0) is 6.61 Å². The first-order chi connectivity index (χ1) is 14.1. The maximum absolute atomic E-state index is 12.7. The molecule has 152 valence electrons. The second-order valence-electron chi connectivity index (χ2n) is 6.84. The number of para-hydroxylation sites is 1. The fraction of sp³-hybridized carbons (Fsp3) is 0.261. The lowest BCUT2D eigenvalue weighted by molar-refractivity contribution is 0.0910. The zero-order valence-corrected chi connectivity index (χ0v) is 16.9. The van der Waals surface area contributed by atoms with Crippen molar-refractivity contribution in [3.8, 4) is 11.5 Å². The van der Waals surface area contributed by atoms with E-state index in [1.807, 2.05) is 68.7 Å². The number of hydrogen-bond donors (Lipinski definition) is 1. The van der Waals surface area contributed by atoms with Gasteiger partial charge in [0.05, 0.1) is 19.4 Å². The second kappa shape index (κ2) is 9.80. The van der Waals surface area contributed by atoms with Crippen LogP contribution in [0.4, 0.5) is 0 Å². The second-order valence-corrected chi connectivity index (χ2v) is 6.84. The summed E-state index contributed by atoms with van der Waals surface area (Å²) >= 11 is 0. The predicted molar refractivity (Wildman–Crippen MR) is 111 cm³/mol. The maximum atomic E-state index is 12.7. The minimum absolute atomic E-state index is 0.0174. The molecule has 3 rings (SSSR count). The maximum Gasteiger partial charge on any atom is 0.287 e. The highest BCUT2D eigenvalue weighted by atomic mass is 16.5. The van der Waals surface area contributed by atoms with Crippen LogP contribution in [0.1, 0.15) is 27.7 Å². The van der Waals surface area contributed by atoms with Crippen molar-refractivity contribution in [1.29, 1.82) is 0 Å². The Morgan fingerprint density at radius 2 is 1.76 bits per heavy atom. The third kappa shape index (κ3) is 5.39. The molecule has 0 fully saturated rings. The van der Waals surface area contributed by atoms with Gasteiger partial charge in [-0.3, -0.25) is 4.79 Å². The summed E-state index contributed by atoms with van der Waals surface area (Å²) in [5.74, 6) is 1.55. The number of furan rings is 1. The first-order valence-electron chi connectivity index (χ1n) is 9.41. The van der Waals surface area contributed by atoms with Crippen molar-refractivity contribution in [3.63, 3.8) is 0 Å². The molecule has 1 unspecified atom stereocenters. The normalized spacial score (nSPS) is 11.9. The summed E-state index contributed by atoms with van der Waals surface area (Å²) in [6, 6.07) is 19.1. The Bertz CT molecular complexity index is 904. The Hall–Kier alpha value is -3.25.